The SMILES string of the molecule is Cc1csc(-c2cnc(/C=C/c3ccc(F)cc3)cn2)n1. The highest BCUT2D eigenvalue weighted by atomic mass is 32.1. The van der Waals surface area contributed by atoms with Crippen LogP contribution in [-0.2, 0) is 0 Å². The standard InChI is InChI=1S/C16H12FN3S/c1-11-10-21-16(20-11)15-9-18-14(8-19-15)7-4-12-2-5-13(17)6-3-12/h2-10H,1H3/b7-4+. The van der Waals surface area contributed by atoms with Crippen LogP contribution in [0.2, 0.25) is 0 Å². The fourth-order valence-corrected chi connectivity index (χ4v) is 2.52. The number of nitrogens with zero attached hydrogens (tertiary/aromatic N) is 3. The van der Waals surface area contributed by atoms with Crippen molar-refractivity contribution in [2.45, 2.75) is 6.92 Å². The average Bonchev–Trinajstić information content (AvgIpc) is 2.94. The highest BCUT2D eigenvalue weighted by Gasteiger charge is 2.03. The van der Waals surface area contributed by atoms with Crippen LogP contribution in [0, 0.1) is 12.7 Å². The first kappa shape index (κ1) is 13.6. The van der Waals surface area contributed by atoms with E-state index >= 15 is 0 Å². The topological polar surface area (TPSA) is 38.7 Å². The van der Waals surface area contributed by atoms with Crippen molar-refractivity contribution < 1.29 is 4.39 Å². The van der Waals surface area contributed by atoms with Crippen LogP contribution >= 0.6 is 11.3 Å². The van der Waals surface area contributed by atoms with Gasteiger partial charge in [0.15, 0.2) is 0 Å². The Bertz CT molecular complexity index is 761. The highest BCUT2D eigenvalue weighted by molar-refractivity contribution is 7.13. The molecular weight excluding hydrogens is 285 g/mol. The van der Waals surface area contributed by atoms with Crippen LogP contribution in [0.25, 0.3) is 22.9 Å². The first-order valence-corrected chi connectivity index (χ1v) is 7.27. The molecule has 0 saturated heterocycles. The molecular formula is C16H12FN3S. The normalized spacial score (nSPS) is 11.1. The maximum atomic E-state index is 12.8. The maximum absolute atomic E-state index is 12.8. The zero-order valence-electron chi connectivity index (χ0n) is 11.3. The Balaban J connectivity index is 1.76. The minimum atomic E-state index is -0.241. The number of aromatic nitrogens is 3. The van der Waals surface area contributed by atoms with Gasteiger partial charge in [-0.15, -0.1) is 11.3 Å². The summed E-state index contributed by atoms with van der Waals surface area (Å²) in [5, 5.41) is 2.85. The van der Waals surface area contributed by atoms with Crippen molar-refractivity contribution in [3.05, 3.63) is 64.8 Å². The second kappa shape index (κ2) is 5.93. The van der Waals surface area contributed by atoms with Crippen LogP contribution in [0.15, 0.2) is 42.0 Å². The number of aryl methyl sites for hydroxylation is 1. The number of hydrogen-bond acceptors (Lipinski definition) is 4. The number of halogens is 1. The minimum absolute atomic E-state index is 0.241. The van der Waals surface area contributed by atoms with Gasteiger partial charge in [0.1, 0.15) is 16.5 Å². The largest absolute Gasteiger partial charge is 0.253 e. The number of rotatable bonds is 3. The van der Waals surface area contributed by atoms with E-state index in [9.17, 15) is 4.39 Å². The molecule has 1 aromatic carbocycles. The van der Waals surface area contributed by atoms with E-state index in [2.05, 4.69) is 15.0 Å². The predicted molar refractivity (Wildman–Crippen MR) is 83.2 cm³/mol. The smallest absolute Gasteiger partial charge is 0.143 e. The zero-order valence-corrected chi connectivity index (χ0v) is 12.1. The summed E-state index contributed by atoms with van der Waals surface area (Å²) in [4.78, 5) is 13.1. The third-order valence-corrected chi connectivity index (χ3v) is 3.81. The van der Waals surface area contributed by atoms with Gasteiger partial charge in [-0.2, -0.15) is 0 Å². The van der Waals surface area contributed by atoms with Crippen LogP contribution in [0.5, 0.6) is 0 Å². The van der Waals surface area contributed by atoms with E-state index in [1.807, 2.05) is 24.5 Å². The summed E-state index contributed by atoms with van der Waals surface area (Å²) in [6.45, 7) is 1.95. The van der Waals surface area contributed by atoms with E-state index in [0.717, 1.165) is 27.7 Å². The monoisotopic (exact) mass is 297 g/mol. The van der Waals surface area contributed by atoms with Gasteiger partial charge in [-0.1, -0.05) is 18.2 Å². The zero-order chi connectivity index (χ0) is 14.7. The molecule has 3 rings (SSSR count). The van der Waals surface area contributed by atoms with Crippen molar-refractivity contribution in [2.75, 3.05) is 0 Å². The Morgan fingerprint density at radius 3 is 2.48 bits per heavy atom. The van der Waals surface area contributed by atoms with E-state index in [1.54, 1.807) is 35.9 Å². The second-order valence-corrected chi connectivity index (χ2v) is 5.36. The highest BCUT2D eigenvalue weighted by Crippen LogP contribution is 2.20. The summed E-state index contributed by atoms with van der Waals surface area (Å²) < 4.78 is 12.8. The first-order chi connectivity index (χ1) is 10.2. The molecule has 0 unspecified atom stereocenters. The molecule has 0 spiro atoms. The van der Waals surface area contributed by atoms with Crippen LogP contribution < -0.4 is 0 Å². The molecule has 104 valence electrons. The van der Waals surface area contributed by atoms with E-state index in [4.69, 9.17) is 0 Å². The van der Waals surface area contributed by atoms with Crippen molar-refractivity contribution >= 4 is 23.5 Å². The molecule has 0 N–H and O–H groups in total. The maximum Gasteiger partial charge on any atom is 0.143 e. The van der Waals surface area contributed by atoms with E-state index in [1.165, 1.54) is 12.1 Å². The Labute approximate surface area is 125 Å². The third kappa shape index (κ3) is 3.38. The van der Waals surface area contributed by atoms with Crippen molar-refractivity contribution in [3.63, 3.8) is 0 Å². The molecule has 0 saturated carbocycles. The Morgan fingerprint density at radius 1 is 1.05 bits per heavy atom. The number of thiazole rings is 1. The first-order valence-electron chi connectivity index (χ1n) is 6.39. The molecule has 0 fully saturated rings. The molecule has 3 nitrogen and oxygen atoms in total. The van der Waals surface area contributed by atoms with E-state index < -0.39 is 0 Å². The summed E-state index contributed by atoms with van der Waals surface area (Å²) >= 11 is 1.55. The lowest BCUT2D eigenvalue weighted by Gasteiger charge is -1.97. The molecule has 2 aromatic heterocycles. The third-order valence-electron chi connectivity index (χ3n) is 2.83. The molecule has 21 heavy (non-hydrogen) atoms. The Kier molecular flexibility index (Phi) is 3.83. The fraction of sp³-hybridized carbons (Fsp3) is 0.0625. The van der Waals surface area contributed by atoms with Crippen LogP contribution in [0.4, 0.5) is 4.39 Å². The van der Waals surface area contributed by atoms with Gasteiger partial charge in [0.05, 0.1) is 18.1 Å². The van der Waals surface area contributed by atoms with Crippen LogP contribution in [0.3, 0.4) is 0 Å². The molecule has 3 aromatic rings. The van der Waals surface area contributed by atoms with Gasteiger partial charge in [0.25, 0.3) is 0 Å². The molecule has 5 heteroatoms. The van der Waals surface area contributed by atoms with Gasteiger partial charge in [-0.3, -0.25) is 4.98 Å². The van der Waals surface area contributed by atoms with Crippen LogP contribution in [0.1, 0.15) is 17.0 Å². The van der Waals surface area contributed by atoms with E-state index in [-0.39, 0.29) is 5.82 Å². The Hall–Kier alpha value is -2.40. The lowest BCUT2D eigenvalue weighted by Crippen LogP contribution is -1.87. The van der Waals surface area contributed by atoms with Crippen molar-refractivity contribution in [1.29, 1.82) is 0 Å². The molecule has 0 aliphatic rings. The summed E-state index contributed by atoms with van der Waals surface area (Å²) in [6.07, 6.45) is 7.13. The fourth-order valence-electron chi connectivity index (χ4n) is 1.76. The molecule has 0 radical (unpaired) electrons. The summed E-state index contributed by atoms with van der Waals surface area (Å²) in [7, 11) is 0. The van der Waals surface area contributed by atoms with Gasteiger partial charge in [0, 0.05) is 11.1 Å². The van der Waals surface area contributed by atoms with Crippen LogP contribution in [-0.4, -0.2) is 15.0 Å². The van der Waals surface area contributed by atoms with Crippen molar-refractivity contribution in [2.24, 2.45) is 0 Å². The lowest BCUT2D eigenvalue weighted by molar-refractivity contribution is 0.628. The molecule has 0 atom stereocenters. The number of benzene rings is 1. The van der Waals surface area contributed by atoms with Crippen molar-refractivity contribution in [3.8, 4) is 10.7 Å². The van der Waals surface area contributed by atoms with Gasteiger partial charge >= 0.3 is 0 Å². The van der Waals surface area contributed by atoms with Gasteiger partial charge in [-0.05, 0) is 30.7 Å². The molecule has 0 aliphatic heterocycles. The number of hydrogen-bond donors (Lipinski definition) is 0. The van der Waals surface area contributed by atoms with Gasteiger partial charge in [-0.25, -0.2) is 14.4 Å². The second-order valence-electron chi connectivity index (χ2n) is 4.51. The summed E-state index contributed by atoms with van der Waals surface area (Å²) in [5.41, 5.74) is 3.42. The molecule has 0 amide bonds. The Morgan fingerprint density at radius 2 is 1.86 bits per heavy atom. The average molecular weight is 297 g/mol. The van der Waals surface area contributed by atoms with Gasteiger partial charge in [0.2, 0.25) is 0 Å². The van der Waals surface area contributed by atoms with Gasteiger partial charge < -0.3 is 0 Å². The minimum Gasteiger partial charge on any atom is -0.253 e. The van der Waals surface area contributed by atoms with Crippen molar-refractivity contribution in [1.82, 2.24) is 15.0 Å². The summed E-state index contributed by atoms with van der Waals surface area (Å²) in [5.74, 6) is -0.241. The quantitative estimate of drug-likeness (QED) is 0.726. The lowest BCUT2D eigenvalue weighted by atomic mass is 10.2. The molecule has 0 aliphatic carbocycles. The predicted octanol–water partition coefficient (Wildman–Crippen LogP) is 4.22. The summed E-state index contributed by atoms with van der Waals surface area (Å²) in [6, 6.07) is 6.29. The molecule has 2 heterocycles. The molecule has 0 bridgehead atoms. The van der Waals surface area contributed by atoms with E-state index in [0.29, 0.717) is 0 Å².